The standard InChI is InChI=1S/C19H19N7OS2/c1-12(14-5-8-20-9-6-14)26-16(7-10-21-26)22-18(27)13(2)25-17(23-24-19(25)28)15-4-3-11-29-15/h3-13H,1-2H3,(H,22,27)(H,24,28). The van der Waals surface area contributed by atoms with Crippen molar-refractivity contribution in [2.24, 2.45) is 0 Å². The average Bonchev–Trinajstić information content (AvgIpc) is 3.48. The second kappa shape index (κ2) is 8.10. The lowest BCUT2D eigenvalue weighted by molar-refractivity contribution is -0.118. The number of pyridine rings is 1. The number of nitrogens with zero attached hydrogens (tertiary/aromatic N) is 5. The summed E-state index contributed by atoms with van der Waals surface area (Å²) in [6, 6.07) is 8.90. The van der Waals surface area contributed by atoms with E-state index >= 15 is 0 Å². The van der Waals surface area contributed by atoms with Crippen molar-refractivity contribution < 1.29 is 4.79 Å². The van der Waals surface area contributed by atoms with E-state index < -0.39 is 6.04 Å². The van der Waals surface area contributed by atoms with Crippen LogP contribution in [0.5, 0.6) is 0 Å². The van der Waals surface area contributed by atoms with Crippen LogP contribution < -0.4 is 5.32 Å². The summed E-state index contributed by atoms with van der Waals surface area (Å²) in [6.45, 7) is 3.81. The molecule has 0 bridgehead atoms. The summed E-state index contributed by atoms with van der Waals surface area (Å²) in [7, 11) is 0. The zero-order valence-corrected chi connectivity index (χ0v) is 17.4. The van der Waals surface area contributed by atoms with Gasteiger partial charge in [-0.25, -0.2) is 4.68 Å². The van der Waals surface area contributed by atoms with Crippen LogP contribution in [0.4, 0.5) is 5.82 Å². The maximum atomic E-state index is 13.0. The number of nitrogens with one attached hydrogen (secondary N) is 2. The molecule has 4 heterocycles. The molecule has 148 valence electrons. The Hall–Kier alpha value is -3.11. The van der Waals surface area contributed by atoms with Crippen LogP contribution >= 0.6 is 23.6 Å². The highest BCUT2D eigenvalue weighted by Crippen LogP contribution is 2.27. The van der Waals surface area contributed by atoms with Gasteiger partial charge in [-0.05, 0) is 55.2 Å². The van der Waals surface area contributed by atoms with E-state index in [1.165, 1.54) is 0 Å². The van der Waals surface area contributed by atoms with Gasteiger partial charge in [-0.3, -0.25) is 19.4 Å². The molecule has 8 nitrogen and oxygen atoms in total. The topological polar surface area (TPSA) is 93.4 Å². The highest BCUT2D eigenvalue weighted by Gasteiger charge is 2.23. The second-order valence-corrected chi connectivity index (χ2v) is 7.82. The van der Waals surface area contributed by atoms with E-state index in [0.29, 0.717) is 16.4 Å². The molecule has 0 saturated carbocycles. The molecule has 0 aliphatic heterocycles. The van der Waals surface area contributed by atoms with E-state index in [-0.39, 0.29) is 11.9 Å². The normalized spacial score (nSPS) is 13.2. The summed E-state index contributed by atoms with van der Waals surface area (Å²) in [6.07, 6.45) is 5.14. The third-order valence-corrected chi connectivity index (χ3v) is 5.84. The van der Waals surface area contributed by atoms with Gasteiger partial charge in [0, 0.05) is 18.5 Å². The minimum atomic E-state index is -0.557. The smallest absolute Gasteiger partial charge is 0.248 e. The van der Waals surface area contributed by atoms with E-state index in [1.807, 2.05) is 36.6 Å². The molecule has 0 spiro atoms. The number of carbonyl (C=O) groups excluding carboxylic acids is 1. The number of rotatable bonds is 6. The first kappa shape index (κ1) is 19.2. The Morgan fingerprint density at radius 1 is 1.21 bits per heavy atom. The fourth-order valence-electron chi connectivity index (χ4n) is 3.10. The third-order valence-electron chi connectivity index (χ3n) is 4.69. The predicted molar refractivity (Wildman–Crippen MR) is 114 cm³/mol. The van der Waals surface area contributed by atoms with Crippen LogP contribution in [-0.2, 0) is 4.79 Å². The predicted octanol–water partition coefficient (Wildman–Crippen LogP) is 4.07. The first-order valence-corrected chi connectivity index (χ1v) is 10.3. The lowest BCUT2D eigenvalue weighted by atomic mass is 10.1. The van der Waals surface area contributed by atoms with Crippen LogP contribution in [0.15, 0.2) is 54.3 Å². The lowest BCUT2D eigenvalue weighted by Crippen LogP contribution is -2.26. The van der Waals surface area contributed by atoms with E-state index in [2.05, 4.69) is 25.6 Å². The highest BCUT2D eigenvalue weighted by molar-refractivity contribution is 7.71. The Morgan fingerprint density at radius 3 is 2.72 bits per heavy atom. The average molecular weight is 426 g/mol. The Labute approximate surface area is 176 Å². The van der Waals surface area contributed by atoms with Gasteiger partial charge in [0.05, 0.1) is 17.1 Å². The van der Waals surface area contributed by atoms with E-state index in [4.69, 9.17) is 12.2 Å². The van der Waals surface area contributed by atoms with Crippen molar-refractivity contribution in [1.82, 2.24) is 29.5 Å². The molecule has 2 N–H and O–H groups in total. The molecule has 0 fully saturated rings. The van der Waals surface area contributed by atoms with Crippen molar-refractivity contribution in [3.05, 3.63) is 64.6 Å². The molecule has 0 aliphatic rings. The van der Waals surface area contributed by atoms with Crippen molar-refractivity contribution in [1.29, 1.82) is 0 Å². The maximum absolute atomic E-state index is 13.0. The van der Waals surface area contributed by atoms with E-state index in [9.17, 15) is 4.79 Å². The molecule has 4 aromatic heterocycles. The molecular weight excluding hydrogens is 406 g/mol. The zero-order valence-electron chi connectivity index (χ0n) is 15.8. The number of hydrogen-bond donors (Lipinski definition) is 2. The molecular formula is C19H19N7OS2. The van der Waals surface area contributed by atoms with Crippen LogP contribution in [0, 0.1) is 4.77 Å². The van der Waals surface area contributed by atoms with Crippen molar-refractivity contribution in [3.8, 4) is 10.7 Å². The van der Waals surface area contributed by atoms with Crippen LogP contribution in [0.25, 0.3) is 10.7 Å². The second-order valence-electron chi connectivity index (χ2n) is 6.48. The Balaban J connectivity index is 1.58. The Bertz CT molecular complexity index is 1160. The van der Waals surface area contributed by atoms with Gasteiger partial charge in [0.2, 0.25) is 5.91 Å². The third kappa shape index (κ3) is 3.76. The number of thiophene rings is 1. The van der Waals surface area contributed by atoms with Gasteiger partial charge in [-0.2, -0.15) is 10.2 Å². The first-order chi connectivity index (χ1) is 14.1. The number of aromatic nitrogens is 6. The number of carbonyl (C=O) groups is 1. The van der Waals surface area contributed by atoms with Gasteiger partial charge in [0.25, 0.3) is 0 Å². The molecule has 29 heavy (non-hydrogen) atoms. The number of anilines is 1. The number of H-pyrrole nitrogens is 1. The van der Waals surface area contributed by atoms with E-state index in [1.54, 1.807) is 52.2 Å². The van der Waals surface area contributed by atoms with Gasteiger partial charge < -0.3 is 5.32 Å². The highest BCUT2D eigenvalue weighted by atomic mass is 32.1. The van der Waals surface area contributed by atoms with Crippen molar-refractivity contribution in [3.63, 3.8) is 0 Å². The molecule has 4 rings (SSSR count). The maximum Gasteiger partial charge on any atom is 0.248 e. The van der Waals surface area contributed by atoms with Crippen LogP contribution in [-0.4, -0.2) is 35.4 Å². The molecule has 2 atom stereocenters. The molecule has 0 aliphatic carbocycles. The minimum Gasteiger partial charge on any atom is -0.309 e. The van der Waals surface area contributed by atoms with Crippen LogP contribution in [0.2, 0.25) is 0 Å². The van der Waals surface area contributed by atoms with Gasteiger partial charge in [0.1, 0.15) is 11.9 Å². The summed E-state index contributed by atoms with van der Waals surface area (Å²) in [4.78, 5) is 18.0. The molecule has 0 radical (unpaired) electrons. The molecule has 1 amide bonds. The largest absolute Gasteiger partial charge is 0.309 e. The number of hydrogen-bond acceptors (Lipinski definition) is 6. The van der Waals surface area contributed by atoms with Crippen molar-refractivity contribution >= 4 is 35.3 Å². The van der Waals surface area contributed by atoms with Crippen LogP contribution in [0.3, 0.4) is 0 Å². The minimum absolute atomic E-state index is 0.0589. The zero-order chi connectivity index (χ0) is 20.4. The van der Waals surface area contributed by atoms with E-state index in [0.717, 1.165) is 10.4 Å². The number of aromatic amines is 1. The van der Waals surface area contributed by atoms with Gasteiger partial charge in [0.15, 0.2) is 10.6 Å². The molecule has 2 unspecified atom stereocenters. The van der Waals surface area contributed by atoms with Crippen LogP contribution in [0.1, 0.15) is 31.5 Å². The monoisotopic (exact) mass is 425 g/mol. The summed E-state index contributed by atoms with van der Waals surface area (Å²) in [5, 5.41) is 16.4. The SMILES string of the molecule is CC(c1ccncc1)n1nccc1NC(=O)C(C)n1c(-c2cccs2)n[nH]c1=S. The lowest BCUT2D eigenvalue weighted by Gasteiger charge is -2.19. The number of amides is 1. The fourth-order valence-corrected chi connectivity index (χ4v) is 4.10. The van der Waals surface area contributed by atoms with Crippen molar-refractivity contribution in [2.75, 3.05) is 5.32 Å². The Kier molecular flexibility index (Phi) is 5.36. The quantitative estimate of drug-likeness (QED) is 0.454. The van der Waals surface area contributed by atoms with Gasteiger partial charge in [-0.15, -0.1) is 11.3 Å². The molecule has 0 aromatic carbocycles. The summed E-state index contributed by atoms with van der Waals surface area (Å²) >= 11 is 6.91. The first-order valence-electron chi connectivity index (χ1n) is 9.01. The Morgan fingerprint density at radius 2 is 2.00 bits per heavy atom. The van der Waals surface area contributed by atoms with Gasteiger partial charge >= 0.3 is 0 Å². The summed E-state index contributed by atoms with van der Waals surface area (Å²) in [5.41, 5.74) is 1.05. The van der Waals surface area contributed by atoms with Crippen molar-refractivity contribution in [2.45, 2.75) is 25.9 Å². The summed E-state index contributed by atoms with van der Waals surface area (Å²) in [5.74, 6) is 1.05. The molecule has 0 saturated heterocycles. The van der Waals surface area contributed by atoms with Gasteiger partial charge in [-0.1, -0.05) is 6.07 Å². The molecule has 4 aromatic rings. The molecule has 10 heteroatoms. The fraction of sp³-hybridized carbons (Fsp3) is 0.211. The summed E-state index contributed by atoms with van der Waals surface area (Å²) < 4.78 is 3.90.